The number of aryl methyl sites for hydroxylation is 1. The molecule has 7 nitrogen and oxygen atoms in total. The van der Waals surface area contributed by atoms with Crippen LogP contribution in [0, 0.1) is 6.92 Å². The van der Waals surface area contributed by atoms with Crippen molar-refractivity contribution in [1.29, 1.82) is 0 Å². The summed E-state index contributed by atoms with van der Waals surface area (Å²) in [5, 5.41) is 7.55. The molecule has 0 bridgehead atoms. The highest BCUT2D eigenvalue weighted by atomic mass is 32.1. The van der Waals surface area contributed by atoms with Gasteiger partial charge in [0.2, 0.25) is 0 Å². The SMILES string of the molecule is Cc1ccc(NC(=O)Nc2nc(C(=O)N3CCN(C/C=C/c4ccccc4)CC3)cs2)cc1. The molecule has 8 heteroatoms. The first-order valence-corrected chi connectivity index (χ1v) is 11.8. The summed E-state index contributed by atoms with van der Waals surface area (Å²) in [6.07, 6.45) is 4.28. The van der Waals surface area contributed by atoms with E-state index in [0.29, 0.717) is 29.6 Å². The molecule has 1 aliphatic rings. The second kappa shape index (κ2) is 10.9. The summed E-state index contributed by atoms with van der Waals surface area (Å²) in [6.45, 7) is 5.80. The maximum absolute atomic E-state index is 12.8. The maximum atomic E-state index is 12.8. The average molecular weight is 462 g/mol. The lowest BCUT2D eigenvalue weighted by Gasteiger charge is -2.33. The average Bonchev–Trinajstić information content (AvgIpc) is 3.29. The van der Waals surface area contributed by atoms with E-state index in [2.05, 4.69) is 44.8 Å². The molecule has 1 saturated heterocycles. The zero-order valence-electron chi connectivity index (χ0n) is 18.5. The van der Waals surface area contributed by atoms with E-state index in [-0.39, 0.29) is 11.9 Å². The van der Waals surface area contributed by atoms with Gasteiger partial charge in [0.05, 0.1) is 0 Å². The lowest BCUT2D eigenvalue weighted by molar-refractivity contribution is 0.0645. The first-order chi connectivity index (χ1) is 16.1. The van der Waals surface area contributed by atoms with Crippen molar-refractivity contribution in [2.24, 2.45) is 0 Å². The zero-order chi connectivity index (χ0) is 23.0. The number of benzene rings is 2. The van der Waals surface area contributed by atoms with Crippen molar-refractivity contribution in [2.45, 2.75) is 6.92 Å². The van der Waals surface area contributed by atoms with Gasteiger partial charge in [-0.25, -0.2) is 9.78 Å². The van der Waals surface area contributed by atoms with Crippen molar-refractivity contribution in [3.63, 3.8) is 0 Å². The molecule has 0 saturated carbocycles. The van der Waals surface area contributed by atoms with Gasteiger partial charge in [-0.2, -0.15) is 0 Å². The van der Waals surface area contributed by atoms with Gasteiger partial charge < -0.3 is 10.2 Å². The number of urea groups is 1. The predicted molar refractivity (Wildman–Crippen MR) is 134 cm³/mol. The molecule has 3 amide bonds. The molecular weight excluding hydrogens is 434 g/mol. The summed E-state index contributed by atoms with van der Waals surface area (Å²) in [4.78, 5) is 33.5. The van der Waals surface area contributed by atoms with E-state index in [0.717, 1.165) is 25.2 Å². The standard InChI is InChI=1S/C25H27N5O2S/c1-19-9-11-21(12-10-19)26-24(32)28-25-27-22(18-33-25)23(31)30-16-14-29(15-17-30)13-5-8-20-6-3-2-4-7-20/h2-12,18H,13-17H2,1H3,(H2,26,27,28,32)/b8-5+. The number of hydrogen-bond donors (Lipinski definition) is 2. The van der Waals surface area contributed by atoms with Crippen LogP contribution in [-0.4, -0.2) is 59.4 Å². The fourth-order valence-electron chi connectivity index (χ4n) is 3.52. The van der Waals surface area contributed by atoms with Gasteiger partial charge in [-0.15, -0.1) is 11.3 Å². The Hall–Kier alpha value is -3.49. The quantitative estimate of drug-likeness (QED) is 0.564. The van der Waals surface area contributed by atoms with E-state index in [1.54, 1.807) is 5.38 Å². The molecule has 2 heterocycles. The molecule has 1 aromatic heterocycles. The van der Waals surface area contributed by atoms with Crippen LogP contribution in [-0.2, 0) is 0 Å². The Balaban J connectivity index is 1.23. The van der Waals surface area contributed by atoms with Crippen LogP contribution < -0.4 is 10.6 Å². The fourth-order valence-corrected chi connectivity index (χ4v) is 4.20. The summed E-state index contributed by atoms with van der Waals surface area (Å²) in [5.41, 5.74) is 3.37. The number of anilines is 2. The van der Waals surface area contributed by atoms with Crippen LogP contribution >= 0.6 is 11.3 Å². The Labute approximate surface area is 197 Å². The predicted octanol–water partition coefficient (Wildman–Crippen LogP) is 4.57. The zero-order valence-corrected chi connectivity index (χ0v) is 19.3. The van der Waals surface area contributed by atoms with Gasteiger partial charge in [-0.05, 0) is 24.6 Å². The number of nitrogens with zero attached hydrogens (tertiary/aromatic N) is 3. The van der Waals surface area contributed by atoms with Gasteiger partial charge in [-0.3, -0.25) is 15.0 Å². The van der Waals surface area contributed by atoms with E-state index < -0.39 is 0 Å². The molecule has 4 rings (SSSR count). The number of piperazine rings is 1. The molecule has 0 spiro atoms. The largest absolute Gasteiger partial charge is 0.335 e. The summed E-state index contributed by atoms with van der Waals surface area (Å²) in [5.74, 6) is -0.0993. The normalized spacial score (nSPS) is 14.4. The Morgan fingerprint density at radius 2 is 1.73 bits per heavy atom. The number of hydrogen-bond acceptors (Lipinski definition) is 5. The third kappa shape index (κ3) is 6.50. The lowest BCUT2D eigenvalue weighted by atomic mass is 10.2. The number of rotatable bonds is 6. The molecular formula is C25H27N5O2S. The highest BCUT2D eigenvalue weighted by Crippen LogP contribution is 2.18. The van der Waals surface area contributed by atoms with Crippen LogP contribution in [0.25, 0.3) is 6.08 Å². The lowest BCUT2D eigenvalue weighted by Crippen LogP contribution is -2.48. The van der Waals surface area contributed by atoms with Crippen molar-refractivity contribution in [3.05, 3.63) is 82.9 Å². The van der Waals surface area contributed by atoms with Gasteiger partial charge in [0, 0.05) is 43.8 Å². The number of nitrogens with one attached hydrogen (secondary N) is 2. The Morgan fingerprint density at radius 3 is 2.45 bits per heavy atom. The van der Waals surface area contributed by atoms with Crippen LogP contribution in [0.15, 0.2) is 66.1 Å². The molecule has 1 aliphatic heterocycles. The molecule has 3 aromatic rings. The Bertz CT molecular complexity index is 1100. The van der Waals surface area contributed by atoms with E-state index in [1.165, 1.54) is 16.9 Å². The second-order valence-electron chi connectivity index (χ2n) is 7.89. The van der Waals surface area contributed by atoms with Crippen LogP contribution in [0.4, 0.5) is 15.6 Å². The van der Waals surface area contributed by atoms with Crippen LogP contribution in [0.2, 0.25) is 0 Å². The maximum Gasteiger partial charge on any atom is 0.325 e. The summed E-state index contributed by atoms with van der Waals surface area (Å²) in [7, 11) is 0. The Morgan fingerprint density at radius 1 is 1.00 bits per heavy atom. The molecule has 0 radical (unpaired) electrons. The van der Waals surface area contributed by atoms with Gasteiger partial charge in [0.1, 0.15) is 5.69 Å². The third-order valence-electron chi connectivity index (χ3n) is 5.39. The fraction of sp³-hybridized carbons (Fsp3) is 0.240. The van der Waals surface area contributed by atoms with Crippen molar-refractivity contribution in [1.82, 2.24) is 14.8 Å². The highest BCUT2D eigenvalue weighted by molar-refractivity contribution is 7.14. The highest BCUT2D eigenvalue weighted by Gasteiger charge is 2.23. The Kier molecular flexibility index (Phi) is 7.49. The molecule has 1 fully saturated rings. The van der Waals surface area contributed by atoms with Crippen LogP contribution in [0.3, 0.4) is 0 Å². The number of carbonyl (C=O) groups is 2. The molecule has 0 unspecified atom stereocenters. The van der Waals surface area contributed by atoms with Crippen molar-refractivity contribution >= 4 is 40.2 Å². The van der Waals surface area contributed by atoms with Crippen molar-refractivity contribution < 1.29 is 9.59 Å². The molecule has 0 atom stereocenters. The minimum Gasteiger partial charge on any atom is -0.335 e. The van der Waals surface area contributed by atoms with Crippen molar-refractivity contribution in [2.75, 3.05) is 43.4 Å². The number of carbonyl (C=O) groups excluding carboxylic acids is 2. The molecule has 2 N–H and O–H groups in total. The van der Waals surface area contributed by atoms with E-state index in [4.69, 9.17) is 0 Å². The van der Waals surface area contributed by atoms with E-state index in [1.807, 2.05) is 54.3 Å². The summed E-state index contributed by atoms with van der Waals surface area (Å²) >= 11 is 1.24. The molecule has 2 aromatic carbocycles. The smallest absolute Gasteiger partial charge is 0.325 e. The first-order valence-electron chi connectivity index (χ1n) is 10.9. The third-order valence-corrected chi connectivity index (χ3v) is 6.14. The molecule has 33 heavy (non-hydrogen) atoms. The van der Waals surface area contributed by atoms with E-state index in [9.17, 15) is 9.59 Å². The summed E-state index contributed by atoms with van der Waals surface area (Å²) in [6, 6.07) is 17.4. The first kappa shape index (κ1) is 22.7. The monoisotopic (exact) mass is 461 g/mol. The molecule has 170 valence electrons. The van der Waals surface area contributed by atoms with Gasteiger partial charge >= 0.3 is 6.03 Å². The topological polar surface area (TPSA) is 77.6 Å². The molecule has 0 aliphatic carbocycles. The van der Waals surface area contributed by atoms with Gasteiger partial charge in [0.15, 0.2) is 5.13 Å². The minimum atomic E-state index is -0.385. The van der Waals surface area contributed by atoms with Gasteiger partial charge in [0.25, 0.3) is 5.91 Å². The number of amides is 3. The van der Waals surface area contributed by atoms with Crippen molar-refractivity contribution in [3.8, 4) is 0 Å². The van der Waals surface area contributed by atoms with E-state index >= 15 is 0 Å². The number of aromatic nitrogens is 1. The van der Waals surface area contributed by atoms with Gasteiger partial charge in [-0.1, -0.05) is 60.2 Å². The number of thiazole rings is 1. The summed E-state index contributed by atoms with van der Waals surface area (Å²) < 4.78 is 0. The van der Waals surface area contributed by atoms with Crippen LogP contribution in [0.5, 0.6) is 0 Å². The van der Waals surface area contributed by atoms with Crippen LogP contribution in [0.1, 0.15) is 21.6 Å². The second-order valence-corrected chi connectivity index (χ2v) is 8.75. The minimum absolute atomic E-state index is 0.0993.